The lowest BCUT2D eigenvalue weighted by Gasteiger charge is -2.37. The summed E-state index contributed by atoms with van der Waals surface area (Å²) in [5.74, 6) is 0.992. The van der Waals surface area contributed by atoms with Crippen molar-refractivity contribution in [3.63, 3.8) is 0 Å². The maximum atomic E-state index is 12.4. The van der Waals surface area contributed by atoms with Crippen molar-refractivity contribution in [3.05, 3.63) is 108 Å². The smallest absolute Gasteiger partial charge is 0.497 e. The van der Waals surface area contributed by atoms with Crippen LogP contribution < -0.4 is 9.47 Å². The largest absolute Gasteiger partial charge is 0.528 e. The number of benzene rings is 4. The number of hydrogen-bond acceptors (Lipinski definition) is 9. The Kier molecular flexibility index (Phi) is 10.8. The predicted molar refractivity (Wildman–Crippen MR) is 174 cm³/mol. The Balaban J connectivity index is 1.19. The molecule has 46 heavy (non-hydrogen) atoms. The first-order chi connectivity index (χ1) is 22.2. The van der Waals surface area contributed by atoms with E-state index in [0.29, 0.717) is 43.2 Å². The zero-order chi connectivity index (χ0) is 32.5. The van der Waals surface area contributed by atoms with Crippen molar-refractivity contribution in [1.82, 2.24) is 5.06 Å². The van der Waals surface area contributed by atoms with E-state index in [9.17, 15) is 9.59 Å². The van der Waals surface area contributed by atoms with E-state index in [1.165, 1.54) is 5.39 Å². The van der Waals surface area contributed by atoms with E-state index in [2.05, 4.69) is 30.3 Å². The van der Waals surface area contributed by atoms with E-state index in [0.717, 1.165) is 16.5 Å². The summed E-state index contributed by atoms with van der Waals surface area (Å²) in [6, 6.07) is 29.2. The molecule has 1 aliphatic rings. The van der Waals surface area contributed by atoms with Crippen molar-refractivity contribution in [2.45, 2.75) is 51.4 Å². The summed E-state index contributed by atoms with van der Waals surface area (Å²) in [4.78, 5) is 30.2. The number of hydroxylamine groups is 2. The second-order valence-electron chi connectivity index (χ2n) is 12.2. The number of carbonyl (C=O) groups is 2. The van der Waals surface area contributed by atoms with Gasteiger partial charge in [0.2, 0.25) is 0 Å². The average molecular weight is 628 g/mol. The molecule has 0 bridgehead atoms. The van der Waals surface area contributed by atoms with Crippen molar-refractivity contribution in [3.8, 4) is 11.5 Å². The van der Waals surface area contributed by atoms with Gasteiger partial charge < -0.3 is 28.5 Å². The average Bonchev–Trinajstić information content (AvgIpc) is 3.05. The van der Waals surface area contributed by atoms with Crippen LogP contribution in [-0.4, -0.2) is 62.3 Å². The Bertz CT molecular complexity index is 1600. The molecule has 9 nitrogen and oxygen atoms in total. The minimum Gasteiger partial charge on any atom is -0.497 e. The second-order valence-corrected chi connectivity index (χ2v) is 12.2. The van der Waals surface area contributed by atoms with Crippen molar-refractivity contribution in [2.75, 3.05) is 33.4 Å². The molecule has 0 amide bonds. The Morgan fingerprint density at radius 1 is 0.848 bits per heavy atom. The Morgan fingerprint density at radius 2 is 1.57 bits per heavy atom. The normalized spacial score (nSPS) is 16.9. The first-order valence-electron chi connectivity index (χ1n) is 15.5. The lowest BCUT2D eigenvalue weighted by molar-refractivity contribution is -0.179. The van der Waals surface area contributed by atoms with Crippen LogP contribution in [-0.2, 0) is 25.7 Å². The van der Waals surface area contributed by atoms with E-state index >= 15 is 0 Å². The van der Waals surface area contributed by atoms with Gasteiger partial charge in [0.25, 0.3) is 0 Å². The summed E-state index contributed by atoms with van der Waals surface area (Å²) in [7, 11) is 1.57. The lowest BCUT2D eigenvalue weighted by atomic mass is 9.87. The molecule has 5 rings (SSSR count). The summed E-state index contributed by atoms with van der Waals surface area (Å²) in [6.07, 6.45) is -0.255. The third kappa shape index (κ3) is 9.22. The number of carbonyl (C=O) groups excluding carboxylic acids is 2. The summed E-state index contributed by atoms with van der Waals surface area (Å²) >= 11 is 0. The van der Waals surface area contributed by atoms with Gasteiger partial charge >= 0.3 is 12.1 Å². The highest BCUT2D eigenvalue weighted by molar-refractivity contribution is 5.89. The molecular formula is C37H41NO8. The number of rotatable bonds is 11. The van der Waals surface area contributed by atoms with Crippen LogP contribution in [0.15, 0.2) is 91.0 Å². The molecule has 4 aromatic carbocycles. The highest BCUT2D eigenvalue weighted by atomic mass is 16.8. The monoisotopic (exact) mass is 627 g/mol. The summed E-state index contributed by atoms with van der Waals surface area (Å²) < 4.78 is 28.2. The van der Waals surface area contributed by atoms with Crippen LogP contribution >= 0.6 is 0 Å². The van der Waals surface area contributed by atoms with E-state index < -0.39 is 17.7 Å². The second kappa shape index (κ2) is 15.1. The van der Waals surface area contributed by atoms with Gasteiger partial charge in [-0.3, -0.25) is 0 Å². The van der Waals surface area contributed by atoms with Crippen molar-refractivity contribution in [2.24, 2.45) is 0 Å². The molecular weight excluding hydrogens is 586 g/mol. The molecule has 2 unspecified atom stereocenters. The molecule has 0 spiro atoms. The summed E-state index contributed by atoms with van der Waals surface area (Å²) in [6.45, 7) is 7.11. The fraction of sp³-hybridized carbons (Fsp3) is 0.351. The predicted octanol–water partition coefficient (Wildman–Crippen LogP) is 7.33. The first-order valence-corrected chi connectivity index (χ1v) is 15.5. The van der Waals surface area contributed by atoms with Crippen molar-refractivity contribution >= 4 is 22.9 Å². The quantitative estimate of drug-likeness (QED) is 0.125. The van der Waals surface area contributed by atoms with Crippen LogP contribution in [0.25, 0.3) is 10.8 Å². The zero-order valence-electron chi connectivity index (χ0n) is 26.8. The van der Waals surface area contributed by atoms with Crippen molar-refractivity contribution < 1.29 is 38.1 Å². The van der Waals surface area contributed by atoms with E-state index in [1.54, 1.807) is 57.2 Å². The fourth-order valence-electron chi connectivity index (χ4n) is 5.34. The molecule has 1 fully saturated rings. The number of methoxy groups -OCH3 is 1. The van der Waals surface area contributed by atoms with Crippen LogP contribution in [0.4, 0.5) is 4.79 Å². The molecule has 2 atom stereocenters. The highest BCUT2D eigenvalue weighted by Gasteiger charge is 2.34. The van der Waals surface area contributed by atoms with Gasteiger partial charge in [-0.15, -0.1) is 5.06 Å². The van der Waals surface area contributed by atoms with Gasteiger partial charge in [0.1, 0.15) is 30.3 Å². The zero-order valence-corrected chi connectivity index (χ0v) is 26.8. The molecule has 0 N–H and O–H groups in total. The van der Waals surface area contributed by atoms with Crippen LogP contribution in [0, 0.1) is 0 Å². The first kappa shape index (κ1) is 32.8. The van der Waals surface area contributed by atoms with Gasteiger partial charge in [-0.25, -0.2) is 9.59 Å². The number of nitrogens with zero attached hydrogens (tertiary/aromatic N) is 1. The minimum atomic E-state index is -0.726. The standard InChI is InChI=1S/C37H41NO8/c1-37(2,3)45-36(40)46-38-20-19-33(34(24-38)44-25-26-9-10-27-7-5-6-8-30(27)23-26)28-11-17-32(18-12-28)42-21-22-43-35(39)29-13-15-31(41-4)16-14-29/h5-18,23,33-34H,19-22,24-25H2,1-4H3. The SMILES string of the molecule is COc1ccc(C(=O)OCCOc2ccc(C3CCN(OC(=O)OC(C)(C)C)CC3OCc3ccc4ccccc4c3)cc2)cc1. The van der Waals surface area contributed by atoms with Crippen LogP contribution in [0.2, 0.25) is 0 Å². The maximum Gasteiger partial charge on any atom is 0.528 e. The lowest BCUT2D eigenvalue weighted by Crippen LogP contribution is -2.45. The Labute approximate surface area is 269 Å². The van der Waals surface area contributed by atoms with E-state index in [1.807, 2.05) is 36.4 Å². The van der Waals surface area contributed by atoms with Gasteiger partial charge in [-0.1, -0.05) is 48.5 Å². The molecule has 1 heterocycles. The number of esters is 1. The number of ether oxygens (including phenoxy) is 5. The third-order valence-electron chi connectivity index (χ3n) is 7.61. The van der Waals surface area contributed by atoms with E-state index in [4.69, 9.17) is 28.5 Å². The van der Waals surface area contributed by atoms with Gasteiger partial charge in [-0.05, 0) is 91.6 Å². The molecule has 242 valence electrons. The highest BCUT2D eigenvalue weighted by Crippen LogP contribution is 2.33. The number of piperidine rings is 1. The van der Waals surface area contributed by atoms with Gasteiger partial charge in [0.05, 0.1) is 31.9 Å². The molecule has 0 saturated carbocycles. The summed E-state index contributed by atoms with van der Waals surface area (Å²) in [5.41, 5.74) is 1.96. The Hall–Kier alpha value is -4.60. The van der Waals surface area contributed by atoms with Gasteiger partial charge in [0, 0.05) is 12.5 Å². The molecule has 0 radical (unpaired) electrons. The topological polar surface area (TPSA) is 92.8 Å². The minimum absolute atomic E-state index is 0.0680. The molecule has 1 aliphatic heterocycles. The van der Waals surface area contributed by atoms with Crippen LogP contribution in [0.1, 0.15) is 54.6 Å². The van der Waals surface area contributed by atoms with E-state index in [-0.39, 0.29) is 25.2 Å². The number of fused-ring (bicyclic) bond motifs is 1. The van der Waals surface area contributed by atoms with Crippen LogP contribution in [0.3, 0.4) is 0 Å². The van der Waals surface area contributed by atoms with Gasteiger partial charge in [0.15, 0.2) is 0 Å². The Morgan fingerprint density at radius 3 is 2.28 bits per heavy atom. The molecule has 0 aliphatic carbocycles. The molecule has 4 aromatic rings. The summed E-state index contributed by atoms with van der Waals surface area (Å²) in [5, 5.41) is 3.96. The molecule has 9 heteroatoms. The number of hydrogen-bond donors (Lipinski definition) is 0. The van der Waals surface area contributed by atoms with Crippen molar-refractivity contribution in [1.29, 1.82) is 0 Å². The maximum absolute atomic E-state index is 12.4. The van der Waals surface area contributed by atoms with Crippen LogP contribution in [0.5, 0.6) is 11.5 Å². The van der Waals surface area contributed by atoms with Gasteiger partial charge in [-0.2, -0.15) is 0 Å². The fourth-order valence-corrected chi connectivity index (χ4v) is 5.34. The molecule has 0 aromatic heterocycles. The molecule has 1 saturated heterocycles. The third-order valence-corrected chi connectivity index (χ3v) is 7.61.